The van der Waals surface area contributed by atoms with Crippen LogP contribution in [0.4, 0.5) is 0 Å². The number of aliphatic hydroxyl groups excluding tert-OH is 1. The first kappa shape index (κ1) is 16.7. The van der Waals surface area contributed by atoms with Crippen LogP contribution in [0, 0.1) is 0 Å². The molecule has 0 spiro atoms. The molecule has 0 bridgehead atoms. The minimum atomic E-state index is -0.160. The summed E-state index contributed by atoms with van der Waals surface area (Å²) in [6.07, 6.45) is 0. The number of benzene rings is 1. The third-order valence-corrected chi connectivity index (χ3v) is 4.49. The SMILES string of the molecule is Cn1c(CO)nnc1SCC(=O)c1ccc(C(C)(C)C)cc1. The lowest BCUT2D eigenvalue weighted by Crippen LogP contribution is -2.11. The van der Waals surface area contributed by atoms with E-state index in [0.717, 1.165) is 0 Å². The number of carbonyl (C=O) groups is 1. The van der Waals surface area contributed by atoms with Crippen LogP contribution in [0.15, 0.2) is 29.4 Å². The van der Waals surface area contributed by atoms with Gasteiger partial charge in [-0.1, -0.05) is 56.8 Å². The number of aliphatic hydroxyl groups is 1. The van der Waals surface area contributed by atoms with E-state index in [0.29, 0.717) is 22.3 Å². The molecule has 0 atom stereocenters. The molecule has 0 aliphatic rings. The number of aromatic nitrogens is 3. The van der Waals surface area contributed by atoms with Gasteiger partial charge in [0.25, 0.3) is 0 Å². The lowest BCUT2D eigenvalue weighted by molar-refractivity contribution is 0.102. The molecule has 1 aromatic heterocycles. The molecule has 0 fully saturated rings. The monoisotopic (exact) mass is 319 g/mol. The zero-order chi connectivity index (χ0) is 16.3. The van der Waals surface area contributed by atoms with E-state index >= 15 is 0 Å². The fourth-order valence-corrected chi connectivity index (χ4v) is 2.80. The second kappa shape index (κ2) is 6.62. The summed E-state index contributed by atoms with van der Waals surface area (Å²) in [6, 6.07) is 7.76. The minimum absolute atomic E-state index is 0.0546. The van der Waals surface area contributed by atoms with Gasteiger partial charge < -0.3 is 9.67 Å². The molecule has 0 unspecified atom stereocenters. The average Bonchev–Trinajstić information content (AvgIpc) is 2.84. The van der Waals surface area contributed by atoms with Gasteiger partial charge in [-0.2, -0.15) is 0 Å². The highest BCUT2D eigenvalue weighted by Crippen LogP contribution is 2.23. The summed E-state index contributed by atoms with van der Waals surface area (Å²) in [5.74, 6) is 0.843. The van der Waals surface area contributed by atoms with E-state index in [-0.39, 0.29) is 17.8 Å². The van der Waals surface area contributed by atoms with Crippen LogP contribution in [-0.2, 0) is 19.1 Å². The first-order valence-electron chi connectivity index (χ1n) is 7.08. The highest BCUT2D eigenvalue weighted by atomic mass is 32.2. The van der Waals surface area contributed by atoms with Gasteiger partial charge in [-0.25, -0.2) is 0 Å². The number of ketones is 1. The van der Waals surface area contributed by atoms with Crippen molar-refractivity contribution in [1.29, 1.82) is 0 Å². The van der Waals surface area contributed by atoms with Crippen LogP contribution in [0.5, 0.6) is 0 Å². The van der Waals surface area contributed by atoms with Gasteiger partial charge in [-0.3, -0.25) is 4.79 Å². The van der Waals surface area contributed by atoms with Crippen LogP contribution in [0.3, 0.4) is 0 Å². The van der Waals surface area contributed by atoms with Crippen molar-refractivity contribution in [3.05, 3.63) is 41.2 Å². The zero-order valence-corrected chi connectivity index (χ0v) is 14.1. The van der Waals surface area contributed by atoms with E-state index in [1.165, 1.54) is 17.3 Å². The van der Waals surface area contributed by atoms with Crippen molar-refractivity contribution in [3.63, 3.8) is 0 Å². The Hall–Kier alpha value is -1.66. The standard InChI is InChI=1S/C16H21N3O2S/c1-16(2,3)12-7-5-11(6-8-12)13(21)10-22-15-18-17-14(9-20)19(15)4/h5-8,20H,9-10H2,1-4H3. The zero-order valence-electron chi connectivity index (χ0n) is 13.3. The van der Waals surface area contributed by atoms with Crippen LogP contribution in [0.2, 0.25) is 0 Å². The van der Waals surface area contributed by atoms with E-state index in [1.807, 2.05) is 24.3 Å². The summed E-state index contributed by atoms with van der Waals surface area (Å²) in [7, 11) is 1.77. The van der Waals surface area contributed by atoms with Crippen molar-refractivity contribution in [2.45, 2.75) is 37.9 Å². The van der Waals surface area contributed by atoms with Crippen molar-refractivity contribution in [2.24, 2.45) is 7.05 Å². The Balaban J connectivity index is 2.01. The average molecular weight is 319 g/mol. The Morgan fingerprint density at radius 3 is 2.36 bits per heavy atom. The van der Waals surface area contributed by atoms with Crippen LogP contribution in [0.25, 0.3) is 0 Å². The smallest absolute Gasteiger partial charge is 0.191 e. The van der Waals surface area contributed by atoms with Crippen LogP contribution in [-0.4, -0.2) is 31.4 Å². The third-order valence-electron chi connectivity index (χ3n) is 3.47. The van der Waals surface area contributed by atoms with Crippen molar-refractivity contribution < 1.29 is 9.90 Å². The Morgan fingerprint density at radius 2 is 1.86 bits per heavy atom. The molecule has 0 radical (unpaired) electrons. The van der Waals surface area contributed by atoms with Crippen molar-refractivity contribution in [3.8, 4) is 0 Å². The summed E-state index contributed by atoms with van der Waals surface area (Å²) in [4.78, 5) is 12.2. The summed E-state index contributed by atoms with van der Waals surface area (Å²) in [5.41, 5.74) is 1.98. The summed E-state index contributed by atoms with van der Waals surface area (Å²) < 4.78 is 1.70. The van der Waals surface area contributed by atoms with Gasteiger partial charge in [-0.05, 0) is 11.0 Å². The van der Waals surface area contributed by atoms with Gasteiger partial charge in [0, 0.05) is 12.6 Å². The topological polar surface area (TPSA) is 68.0 Å². The van der Waals surface area contributed by atoms with Gasteiger partial charge in [0.2, 0.25) is 0 Å². The van der Waals surface area contributed by atoms with Gasteiger partial charge >= 0.3 is 0 Å². The van der Waals surface area contributed by atoms with Crippen molar-refractivity contribution in [2.75, 3.05) is 5.75 Å². The third kappa shape index (κ3) is 3.75. The fourth-order valence-electron chi connectivity index (χ4n) is 1.98. The fraction of sp³-hybridized carbons (Fsp3) is 0.438. The predicted octanol–water partition coefficient (Wildman–Crippen LogP) is 2.58. The molecule has 1 N–H and O–H groups in total. The molecule has 0 saturated carbocycles. The summed E-state index contributed by atoms with van der Waals surface area (Å²) in [5, 5.41) is 17.5. The van der Waals surface area contributed by atoms with Crippen molar-refractivity contribution >= 4 is 17.5 Å². The van der Waals surface area contributed by atoms with Crippen LogP contribution < -0.4 is 0 Å². The quantitative estimate of drug-likeness (QED) is 0.677. The van der Waals surface area contributed by atoms with Crippen LogP contribution >= 0.6 is 11.8 Å². The molecule has 5 nitrogen and oxygen atoms in total. The molecule has 1 heterocycles. The molecular formula is C16H21N3O2S. The maximum absolute atomic E-state index is 12.2. The summed E-state index contributed by atoms with van der Waals surface area (Å²) in [6.45, 7) is 6.28. The van der Waals surface area contributed by atoms with E-state index in [2.05, 4.69) is 31.0 Å². The molecular weight excluding hydrogens is 298 g/mol. The van der Waals surface area contributed by atoms with E-state index in [1.54, 1.807) is 11.6 Å². The molecule has 0 aliphatic carbocycles. The second-order valence-electron chi connectivity index (χ2n) is 6.16. The van der Waals surface area contributed by atoms with Gasteiger partial charge in [0.05, 0.1) is 5.75 Å². The summed E-state index contributed by atoms with van der Waals surface area (Å²) >= 11 is 1.32. The first-order valence-corrected chi connectivity index (χ1v) is 8.07. The molecule has 1 aromatic carbocycles. The van der Waals surface area contributed by atoms with Gasteiger partial charge in [-0.15, -0.1) is 10.2 Å². The Kier molecular flexibility index (Phi) is 5.03. The Labute approximate surface area is 134 Å². The van der Waals surface area contributed by atoms with Crippen LogP contribution in [0.1, 0.15) is 42.5 Å². The largest absolute Gasteiger partial charge is 0.388 e. The van der Waals surface area contributed by atoms with E-state index < -0.39 is 0 Å². The maximum atomic E-state index is 12.2. The Morgan fingerprint density at radius 1 is 1.23 bits per heavy atom. The lowest BCUT2D eigenvalue weighted by Gasteiger charge is -2.18. The molecule has 22 heavy (non-hydrogen) atoms. The van der Waals surface area contributed by atoms with E-state index in [9.17, 15) is 4.79 Å². The molecule has 2 rings (SSSR count). The molecule has 0 aliphatic heterocycles. The normalized spacial score (nSPS) is 11.7. The number of hydrogen-bond acceptors (Lipinski definition) is 5. The number of nitrogens with zero attached hydrogens (tertiary/aromatic N) is 3. The second-order valence-corrected chi connectivity index (χ2v) is 7.10. The number of carbonyl (C=O) groups excluding carboxylic acids is 1. The highest BCUT2D eigenvalue weighted by molar-refractivity contribution is 7.99. The number of thioether (sulfide) groups is 1. The predicted molar refractivity (Wildman–Crippen MR) is 87.1 cm³/mol. The van der Waals surface area contributed by atoms with E-state index in [4.69, 9.17) is 5.11 Å². The lowest BCUT2D eigenvalue weighted by atomic mass is 9.86. The van der Waals surface area contributed by atoms with Gasteiger partial charge in [0.1, 0.15) is 6.61 Å². The highest BCUT2D eigenvalue weighted by Gasteiger charge is 2.15. The molecule has 0 saturated heterocycles. The molecule has 118 valence electrons. The first-order chi connectivity index (χ1) is 10.3. The minimum Gasteiger partial charge on any atom is -0.388 e. The maximum Gasteiger partial charge on any atom is 0.191 e. The van der Waals surface area contributed by atoms with Crippen molar-refractivity contribution in [1.82, 2.24) is 14.8 Å². The molecule has 6 heteroatoms. The Bertz CT molecular complexity index is 657. The number of hydrogen-bond donors (Lipinski definition) is 1. The molecule has 2 aromatic rings. The number of rotatable bonds is 5. The molecule has 0 amide bonds. The number of Topliss-reactive ketones (excluding diaryl/α,β-unsaturated/α-hetero) is 1. The van der Waals surface area contributed by atoms with Gasteiger partial charge in [0.15, 0.2) is 16.8 Å².